The summed E-state index contributed by atoms with van der Waals surface area (Å²) in [6.45, 7) is 4.65. The van der Waals surface area contributed by atoms with E-state index >= 15 is 0 Å². The molecule has 0 spiro atoms. The molecule has 1 nitrogen and oxygen atoms in total. The first-order valence-electron chi connectivity index (χ1n) is 4.91. The van der Waals surface area contributed by atoms with Crippen LogP contribution in [0.5, 0.6) is 0 Å². The standard InChI is InChI=1S/C12H16O/c1-8-3-5-10(6-4-8)12-9(2)11(12)7-13/h3-6,9,11-13H,7H2,1-2H3. The molecular formula is C12H16O. The van der Waals surface area contributed by atoms with Crippen LogP contribution in [0.15, 0.2) is 24.3 Å². The van der Waals surface area contributed by atoms with Gasteiger partial charge in [0.2, 0.25) is 0 Å². The molecule has 3 atom stereocenters. The van der Waals surface area contributed by atoms with E-state index in [0.29, 0.717) is 24.4 Å². The van der Waals surface area contributed by atoms with Gasteiger partial charge in [0.25, 0.3) is 0 Å². The molecule has 2 rings (SSSR count). The van der Waals surface area contributed by atoms with Crippen LogP contribution in [0.3, 0.4) is 0 Å². The lowest BCUT2D eigenvalue weighted by Gasteiger charge is -1.99. The van der Waals surface area contributed by atoms with Crippen molar-refractivity contribution in [3.63, 3.8) is 0 Å². The maximum Gasteiger partial charge on any atom is 0.0467 e. The summed E-state index contributed by atoms with van der Waals surface area (Å²) in [6.07, 6.45) is 0. The second-order valence-corrected chi connectivity index (χ2v) is 4.14. The van der Waals surface area contributed by atoms with Gasteiger partial charge in [-0.2, -0.15) is 0 Å². The van der Waals surface area contributed by atoms with Crippen molar-refractivity contribution in [3.8, 4) is 0 Å². The molecule has 0 heterocycles. The Bertz CT molecular complexity index is 288. The van der Waals surface area contributed by atoms with Crippen LogP contribution >= 0.6 is 0 Å². The van der Waals surface area contributed by atoms with Crippen LogP contribution in [-0.2, 0) is 0 Å². The highest BCUT2D eigenvalue weighted by Crippen LogP contribution is 2.53. The first-order valence-corrected chi connectivity index (χ1v) is 4.91. The number of aliphatic hydroxyl groups excluding tert-OH is 1. The lowest BCUT2D eigenvalue weighted by Crippen LogP contribution is -1.88. The Hall–Kier alpha value is -0.820. The first kappa shape index (κ1) is 8.76. The van der Waals surface area contributed by atoms with Crippen LogP contribution in [0.2, 0.25) is 0 Å². The number of aryl methyl sites for hydroxylation is 1. The van der Waals surface area contributed by atoms with E-state index in [1.807, 2.05) is 0 Å². The van der Waals surface area contributed by atoms with Crippen molar-refractivity contribution in [2.75, 3.05) is 6.61 Å². The predicted molar refractivity (Wildman–Crippen MR) is 53.7 cm³/mol. The topological polar surface area (TPSA) is 20.2 Å². The van der Waals surface area contributed by atoms with Gasteiger partial charge in [0.1, 0.15) is 0 Å². The Balaban J connectivity index is 2.15. The monoisotopic (exact) mass is 176 g/mol. The first-order chi connectivity index (χ1) is 6.24. The van der Waals surface area contributed by atoms with Gasteiger partial charge in [-0.3, -0.25) is 0 Å². The Morgan fingerprint density at radius 2 is 1.85 bits per heavy atom. The quantitative estimate of drug-likeness (QED) is 0.733. The SMILES string of the molecule is Cc1ccc(C2C(C)C2CO)cc1. The van der Waals surface area contributed by atoms with E-state index in [-0.39, 0.29) is 0 Å². The summed E-state index contributed by atoms with van der Waals surface area (Å²) in [5.74, 6) is 1.76. The van der Waals surface area contributed by atoms with E-state index in [9.17, 15) is 0 Å². The van der Waals surface area contributed by atoms with Crippen LogP contribution in [0.1, 0.15) is 24.0 Å². The third-order valence-electron chi connectivity index (χ3n) is 3.24. The van der Waals surface area contributed by atoms with E-state index in [4.69, 9.17) is 5.11 Å². The molecular weight excluding hydrogens is 160 g/mol. The molecule has 1 aliphatic carbocycles. The number of hydrogen-bond acceptors (Lipinski definition) is 1. The summed E-state index contributed by atoms with van der Waals surface area (Å²) >= 11 is 0. The molecule has 13 heavy (non-hydrogen) atoms. The Morgan fingerprint density at radius 3 is 2.31 bits per heavy atom. The highest BCUT2D eigenvalue weighted by molar-refractivity contribution is 5.30. The summed E-state index contributed by atoms with van der Waals surface area (Å²) in [5, 5.41) is 9.06. The summed E-state index contributed by atoms with van der Waals surface area (Å²) in [4.78, 5) is 0. The number of aliphatic hydroxyl groups is 1. The molecule has 0 aromatic heterocycles. The fraction of sp³-hybridized carbons (Fsp3) is 0.500. The van der Waals surface area contributed by atoms with E-state index < -0.39 is 0 Å². The highest BCUT2D eigenvalue weighted by Gasteiger charge is 2.46. The molecule has 1 heteroatoms. The molecule has 70 valence electrons. The van der Waals surface area contributed by atoms with Gasteiger partial charge in [-0.15, -0.1) is 0 Å². The van der Waals surface area contributed by atoms with Crippen LogP contribution in [0, 0.1) is 18.8 Å². The summed E-state index contributed by atoms with van der Waals surface area (Å²) in [5.41, 5.74) is 2.69. The van der Waals surface area contributed by atoms with Crippen molar-refractivity contribution in [1.29, 1.82) is 0 Å². The average molecular weight is 176 g/mol. The normalized spacial score (nSPS) is 31.8. The van der Waals surface area contributed by atoms with E-state index in [0.717, 1.165) is 0 Å². The Labute approximate surface area is 79.4 Å². The van der Waals surface area contributed by atoms with Crippen molar-refractivity contribution >= 4 is 0 Å². The number of hydrogen-bond donors (Lipinski definition) is 1. The molecule has 0 amide bonds. The van der Waals surface area contributed by atoms with Crippen molar-refractivity contribution in [1.82, 2.24) is 0 Å². The minimum absolute atomic E-state index is 0.333. The molecule has 1 N–H and O–H groups in total. The van der Waals surface area contributed by atoms with Gasteiger partial charge < -0.3 is 5.11 Å². The fourth-order valence-corrected chi connectivity index (χ4v) is 2.16. The summed E-state index contributed by atoms with van der Waals surface area (Å²) < 4.78 is 0. The summed E-state index contributed by atoms with van der Waals surface area (Å²) in [6, 6.07) is 8.67. The molecule has 0 radical (unpaired) electrons. The van der Waals surface area contributed by atoms with Crippen LogP contribution in [0.25, 0.3) is 0 Å². The van der Waals surface area contributed by atoms with Gasteiger partial charge in [-0.05, 0) is 30.2 Å². The van der Waals surface area contributed by atoms with Gasteiger partial charge in [0.05, 0.1) is 0 Å². The predicted octanol–water partition coefficient (Wildman–Crippen LogP) is 2.34. The zero-order chi connectivity index (χ0) is 9.42. The minimum atomic E-state index is 0.333. The largest absolute Gasteiger partial charge is 0.396 e. The van der Waals surface area contributed by atoms with E-state index in [2.05, 4.69) is 38.1 Å². The lowest BCUT2D eigenvalue weighted by atomic mass is 10.1. The molecule has 1 saturated carbocycles. The molecule has 1 aliphatic rings. The smallest absolute Gasteiger partial charge is 0.0467 e. The third-order valence-corrected chi connectivity index (χ3v) is 3.24. The molecule has 1 aromatic rings. The van der Waals surface area contributed by atoms with Crippen LogP contribution in [-0.4, -0.2) is 11.7 Å². The second kappa shape index (κ2) is 3.15. The van der Waals surface area contributed by atoms with Crippen LogP contribution in [0.4, 0.5) is 0 Å². The molecule has 3 unspecified atom stereocenters. The Morgan fingerprint density at radius 1 is 1.23 bits per heavy atom. The van der Waals surface area contributed by atoms with Gasteiger partial charge in [0.15, 0.2) is 0 Å². The fourth-order valence-electron chi connectivity index (χ4n) is 2.16. The minimum Gasteiger partial charge on any atom is -0.396 e. The van der Waals surface area contributed by atoms with E-state index in [1.54, 1.807) is 0 Å². The van der Waals surface area contributed by atoms with Gasteiger partial charge in [-0.1, -0.05) is 36.8 Å². The maximum atomic E-state index is 9.06. The molecule has 0 aliphatic heterocycles. The third kappa shape index (κ3) is 1.49. The zero-order valence-electron chi connectivity index (χ0n) is 8.20. The molecule has 1 fully saturated rings. The zero-order valence-corrected chi connectivity index (χ0v) is 8.20. The van der Waals surface area contributed by atoms with Gasteiger partial charge in [-0.25, -0.2) is 0 Å². The van der Waals surface area contributed by atoms with Crippen LogP contribution < -0.4 is 0 Å². The second-order valence-electron chi connectivity index (χ2n) is 4.14. The lowest BCUT2D eigenvalue weighted by molar-refractivity contribution is 0.268. The van der Waals surface area contributed by atoms with Gasteiger partial charge >= 0.3 is 0 Å². The van der Waals surface area contributed by atoms with E-state index in [1.165, 1.54) is 11.1 Å². The van der Waals surface area contributed by atoms with Crippen molar-refractivity contribution in [3.05, 3.63) is 35.4 Å². The van der Waals surface area contributed by atoms with Crippen molar-refractivity contribution in [2.45, 2.75) is 19.8 Å². The highest BCUT2D eigenvalue weighted by atomic mass is 16.3. The van der Waals surface area contributed by atoms with Crippen molar-refractivity contribution < 1.29 is 5.11 Å². The van der Waals surface area contributed by atoms with Gasteiger partial charge in [0, 0.05) is 6.61 Å². The number of rotatable bonds is 2. The number of benzene rings is 1. The molecule has 0 bridgehead atoms. The molecule has 0 saturated heterocycles. The summed E-state index contributed by atoms with van der Waals surface area (Å²) in [7, 11) is 0. The Kier molecular flexibility index (Phi) is 2.12. The van der Waals surface area contributed by atoms with Crippen molar-refractivity contribution in [2.24, 2.45) is 11.8 Å². The molecule has 1 aromatic carbocycles. The maximum absolute atomic E-state index is 9.06. The average Bonchev–Trinajstić information content (AvgIpc) is 2.78.